The number of halogens is 1. The lowest BCUT2D eigenvalue weighted by Gasteiger charge is -2.16. The topological polar surface area (TPSA) is 102 Å². The van der Waals surface area contributed by atoms with Gasteiger partial charge in [0, 0.05) is 25.9 Å². The number of likely N-dealkylation sites (N-methyl/N-ethyl adjacent to an activating group) is 2. The highest BCUT2D eigenvalue weighted by Crippen LogP contribution is 2.15. The highest BCUT2D eigenvalue weighted by atomic mass is 35.5. The lowest BCUT2D eigenvalue weighted by Crippen LogP contribution is -2.34. The van der Waals surface area contributed by atoms with Crippen LogP contribution >= 0.6 is 24.2 Å². The largest absolute Gasteiger partial charge is 0.493 e. The molecule has 0 fully saturated rings. The number of thioether (sulfide) groups is 1. The Morgan fingerprint density at radius 3 is 2.50 bits per heavy atom. The summed E-state index contributed by atoms with van der Waals surface area (Å²) in [4.78, 5) is 13.5. The van der Waals surface area contributed by atoms with Crippen LogP contribution in [0.25, 0.3) is 0 Å². The van der Waals surface area contributed by atoms with Gasteiger partial charge in [-0.2, -0.15) is 0 Å². The van der Waals surface area contributed by atoms with Gasteiger partial charge < -0.3 is 15.0 Å². The van der Waals surface area contributed by atoms with Crippen molar-refractivity contribution in [3.05, 3.63) is 24.3 Å². The number of hydrogen-bond acceptors (Lipinski definition) is 6. The van der Waals surface area contributed by atoms with E-state index in [9.17, 15) is 13.2 Å². The number of ether oxygens (including phenoxy) is 1. The van der Waals surface area contributed by atoms with Crippen LogP contribution in [0.15, 0.2) is 29.2 Å². The maximum absolute atomic E-state index is 11.8. The molecule has 0 aliphatic heterocycles. The summed E-state index contributed by atoms with van der Waals surface area (Å²) in [6, 6.07) is 5.91. The van der Waals surface area contributed by atoms with Crippen LogP contribution in [0.4, 0.5) is 0 Å². The van der Waals surface area contributed by atoms with E-state index in [1.165, 1.54) is 23.9 Å². The molecule has 0 aromatic heterocycles. The smallest absolute Gasteiger partial charge is 0.238 e. The summed E-state index contributed by atoms with van der Waals surface area (Å²) in [5.41, 5.74) is 0. The molecule has 0 atom stereocenters. The standard InChI is InChI=1S/C14H23N3O4S2.ClH/c1-16-7-8-17(2)14(18)11-22-10-9-21-12-3-5-13(6-4-12)23(15,19)20;/h3-6,16H,7-11H2,1-2H3,(H2,15,19,20);1H. The van der Waals surface area contributed by atoms with Crippen molar-refractivity contribution in [1.82, 2.24) is 10.2 Å². The molecule has 10 heteroatoms. The minimum atomic E-state index is -3.68. The van der Waals surface area contributed by atoms with E-state index >= 15 is 0 Å². The Hall–Kier alpha value is -1.00. The third kappa shape index (κ3) is 8.74. The zero-order chi connectivity index (χ0) is 17.3. The van der Waals surface area contributed by atoms with E-state index in [1.54, 1.807) is 24.1 Å². The van der Waals surface area contributed by atoms with Gasteiger partial charge in [0.1, 0.15) is 5.75 Å². The molecule has 1 rings (SSSR count). The Bertz CT molecular complexity index is 597. The van der Waals surface area contributed by atoms with Gasteiger partial charge in [0.2, 0.25) is 15.9 Å². The molecule has 0 saturated heterocycles. The lowest BCUT2D eigenvalue weighted by atomic mass is 10.3. The van der Waals surface area contributed by atoms with Crippen LogP contribution in [0.5, 0.6) is 5.75 Å². The van der Waals surface area contributed by atoms with E-state index in [4.69, 9.17) is 9.88 Å². The number of hydrogen-bond donors (Lipinski definition) is 2. The number of primary sulfonamides is 1. The van der Waals surface area contributed by atoms with Crippen LogP contribution < -0.4 is 15.2 Å². The van der Waals surface area contributed by atoms with Crippen LogP contribution in [0.3, 0.4) is 0 Å². The molecule has 1 amide bonds. The fraction of sp³-hybridized carbons (Fsp3) is 0.500. The van der Waals surface area contributed by atoms with Gasteiger partial charge >= 0.3 is 0 Å². The second-order valence-corrected chi connectivity index (χ2v) is 7.50. The number of nitrogens with two attached hydrogens (primary N) is 1. The monoisotopic (exact) mass is 397 g/mol. The minimum absolute atomic E-state index is 0. The molecular formula is C14H24ClN3O4S2. The van der Waals surface area contributed by atoms with Crippen molar-refractivity contribution in [2.24, 2.45) is 5.14 Å². The van der Waals surface area contributed by atoms with Gasteiger partial charge in [-0.1, -0.05) is 0 Å². The Labute approximate surface area is 153 Å². The Balaban J connectivity index is 0.00000529. The highest BCUT2D eigenvalue weighted by Gasteiger charge is 2.08. The lowest BCUT2D eigenvalue weighted by molar-refractivity contribution is -0.127. The molecule has 0 heterocycles. The van der Waals surface area contributed by atoms with E-state index in [1.807, 2.05) is 7.05 Å². The zero-order valence-electron chi connectivity index (χ0n) is 13.7. The maximum atomic E-state index is 11.8. The number of sulfonamides is 1. The molecule has 0 spiro atoms. The number of nitrogens with zero attached hydrogens (tertiary/aromatic N) is 1. The van der Waals surface area contributed by atoms with E-state index in [0.29, 0.717) is 30.4 Å². The van der Waals surface area contributed by atoms with Gasteiger partial charge in [-0.05, 0) is 31.3 Å². The Kier molecular flexibility index (Phi) is 11.1. The average Bonchev–Trinajstić information content (AvgIpc) is 2.51. The number of nitrogens with one attached hydrogen (secondary N) is 1. The van der Waals surface area contributed by atoms with E-state index in [2.05, 4.69) is 5.32 Å². The van der Waals surface area contributed by atoms with Gasteiger partial charge in [0.15, 0.2) is 0 Å². The van der Waals surface area contributed by atoms with Crippen molar-refractivity contribution in [2.45, 2.75) is 4.90 Å². The normalized spacial score (nSPS) is 10.8. The second kappa shape index (κ2) is 11.5. The molecular weight excluding hydrogens is 374 g/mol. The molecule has 7 nitrogen and oxygen atoms in total. The van der Waals surface area contributed by atoms with E-state index < -0.39 is 10.0 Å². The number of rotatable bonds is 10. The molecule has 0 radical (unpaired) electrons. The van der Waals surface area contributed by atoms with Crippen LogP contribution in [0.1, 0.15) is 0 Å². The number of benzene rings is 1. The molecule has 1 aromatic rings. The van der Waals surface area contributed by atoms with Crippen molar-refractivity contribution in [2.75, 3.05) is 45.3 Å². The van der Waals surface area contributed by atoms with E-state index in [0.717, 1.165) is 6.54 Å². The van der Waals surface area contributed by atoms with Crippen molar-refractivity contribution >= 4 is 40.1 Å². The van der Waals surface area contributed by atoms with Gasteiger partial charge in [-0.15, -0.1) is 24.2 Å². The van der Waals surface area contributed by atoms with Crippen LogP contribution in [-0.4, -0.2) is 64.5 Å². The molecule has 0 aliphatic carbocycles. The molecule has 0 bridgehead atoms. The van der Waals surface area contributed by atoms with E-state index in [-0.39, 0.29) is 23.2 Å². The Morgan fingerprint density at radius 2 is 1.96 bits per heavy atom. The van der Waals surface area contributed by atoms with Crippen molar-refractivity contribution in [3.63, 3.8) is 0 Å². The molecule has 0 unspecified atom stereocenters. The predicted octanol–water partition coefficient (Wildman–Crippen LogP) is 0.546. The number of carbonyl (C=O) groups is 1. The molecule has 0 aliphatic rings. The summed E-state index contributed by atoms with van der Waals surface area (Å²) >= 11 is 1.50. The summed E-state index contributed by atoms with van der Waals surface area (Å²) < 4.78 is 27.7. The molecule has 1 aromatic carbocycles. The van der Waals surface area contributed by atoms with Gasteiger partial charge in [0.25, 0.3) is 0 Å². The predicted molar refractivity (Wildman–Crippen MR) is 99.4 cm³/mol. The zero-order valence-corrected chi connectivity index (χ0v) is 16.2. The quantitative estimate of drug-likeness (QED) is 0.559. The van der Waals surface area contributed by atoms with Crippen molar-refractivity contribution < 1.29 is 17.9 Å². The fourth-order valence-electron chi connectivity index (χ4n) is 1.62. The molecule has 138 valence electrons. The first-order valence-corrected chi connectivity index (χ1v) is 9.76. The summed E-state index contributed by atoms with van der Waals surface area (Å²) in [5.74, 6) is 1.73. The fourth-order valence-corrected chi connectivity index (χ4v) is 2.87. The minimum Gasteiger partial charge on any atom is -0.493 e. The van der Waals surface area contributed by atoms with Crippen molar-refractivity contribution in [1.29, 1.82) is 0 Å². The number of carbonyl (C=O) groups excluding carboxylic acids is 1. The van der Waals surface area contributed by atoms with Gasteiger partial charge in [-0.25, -0.2) is 13.6 Å². The third-order valence-electron chi connectivity index (χ3n) is 3.00. The molecule has 0 saturated carbocycles. The Morgan fingerprint density at radius 1 is 1.33 bits per heavy atom. The summed E-state index contributed by atoms with van der Waals surface area (Å²) in [6.07, 6.45) is 0. The summed E-state index contributed by atoms with van der Waals surface area (Å²) in [7, 11) is -0.0508. The first-order valence-electron chi connectivity index (χ1n) is 7.06. The average molecular weight is 398 g/mol. The van der Waals surface area contributed by atoms with Crippen LogP contribution in [0.2, 0.25) is 0 Å². The third-order valence-corrected chi connectivity index (χ3v) is 4.83. The SMILES string of the molecule is CNCCN(C)C(=O)CSCCOc1ccc(S(N)(=O)=O)cc1.Cl. The highest BCUT2D eigenvalue weighted by molar-refractivity contribution is 7.99. The molecule has 3 N–H and O–H groups in total. The maximum Gasteiger partial charge on any atom is 0.238 e. The van der Waals surface area contributed by atoms with Gasteiger partial charge in [0.05, 0.1) is 17.3 Å². The first kappa shape index (κ1) is 23.0. The summed E-state index contributed by atoms with van der Waals surface area (Å²) in [6.45, 7) is 1.89. The summed E-state index contributed by atoms with van der Waals surface area (Å²) in [5, 5.41) is 8.01. The van der Waals surface area contributed by atoms with Gasteiger partial charge in [-0.3, -0.25) is 4.79 Å². The van der Waals surface area contributed by atoms with Crippen LogP contribution in [0, 0.1) is 0 Å². The molecule has 24 heavy (non-hydrogen) atoms. The second-order valence-electron chi connectivity index (χ2n) is 4.84. The van der Waals surface area contributed by atoms with Crippen LogP contribution in [-0.2, 0) is 14.8 Å². The number of amides is 1. The first-order chi connectivity index (χ1) is 10.8. The van der Waals surface area contributed by atoms with Crippen molar-refractivity contribution in [3.8, 4) is 5.75 Å².